The summed E-state index contributed by atoms with van der Waals surface area (Å²) < 4.78 is 10.9. The fourth-order valence-corrected chi connectivity index (χ4v) is 3.21. The summed E-state index contributed by atoms with van der Waals surface area (Å²) >= 11 is 0. The molecule has 0 atom stereocenters. The molecular formula is C21H33N3O3. The van der Waals surface area contributed by atoms with Gasteiger partial charge in [-0.3, -0.25) is 9.79 Å². The molecule has 1 aliphatic rings. The zero-order chi connectivity index (χ0) is 19.5. The maximum atomic E-state index is 11.1. The third kappa shape index (κ3) is 7.49. The van der Waals surface area contributed by atoms with E-state index in [1.807, 2.05) is 0 Å². The average Bonchev–Trinajstić information content (AvgIpc) is 3.18. The molecule has 6 nitrogen and oxygen atoms in total. The molecule has 0 spiro atoms. The highest BCUT2D eigenvalue weighted by molar-refractivity contribution is 5.79. The predicted octanol–water partition coefficient (Wildman–Crippen LogP) is 3.32. The van der Waals surface area contributed by atoms with Crippen LogP contribution in [0.3, 0.4) is 0 Å². The van der Waals surface area contributed by atoms with Gasteiger partial charge in [0, 0.05) is 32.1 Å². The molecule has 0 unspecified atom stereocenters. The fourth-order valence-electron chi connectivity index (χ4n) is 3.21. The number of carbonyl (C=O) groups excluding carboxylic acids is 1. The van der Waals surface area contributed by atoms with E-state index in [-0.39, 0.29) is 5.97 Å². The number of methoxy groups -OCH3 is 1. The van der Waals surface area contributed by atoms with Gasteiger partial charge < -0.3 is 20.1 Å². The number of guanidine groups is 1. The van der Waals surface area contributed by atoms with Crippen LogP contribution in [0, 0.1) is 6.92 Å². The lowest BCUT2D eigenvalue weighted by Gasteiger charge is -2.18. The standard InChI is InChI=1S/C21H33N3O3/c1-16-11-12-17(19(14-16)27-18-8-4-5-9-18)15-24-21(22-2)23-13-7-6-10-20(25)26-3/h11-12,14,18H,4-10,13,15H2,1-3H3,(H2,22,23,24). The number of ether oxygens (including phenoxy) is 2. The number of esters is 1. The van der Waals surface area contributed by atoms with Gasteiger partial charge >= 0.3 is 5.97 Å². The second-order valence-corrected chi connectivity index (χ2v) is 7.02. The summed E-state index contributed by atoms with van der Waals surface area (Å²) in [5, 5.41) is 6.63. The number of carbonyl (C=O) groups is 1. The smallest absolute Gasteiger partial charge is 0.305 e. The van der Waals surface area contributed by atoms with Crippen LogP contribution in [0.15, 0.2) is 23.2 Å². The zero-order valence-corrected chi connectivity index (χ0v) is 16.8. The number of aliphatic imine (C=N–C) groups is 1. The Balaban J connectivity index is 1.80. The van der Waals surface area contributed by atoms with Crippen LogP contribution in [0.4, 0.5) is 0 Å². The normalized spacial score (nSPS) is 14.9. The number of nitrogens with zero attached hydrogens (tertiary/aromatic N) is 1. The Morgan fingerprint density at radius 3 is 2.70 bits per heavy atom. The molecule has 0 heterocycles. The van der Waals surface area contributed by atoms with Crippen LogP contribution in [-0.2, 0) is 16.1 Å². The van der Waals surface area contributed by atoms with E-state index < -0.39 is 0 Å². The Kier molecular flexibility index (Phi) is 8.95. The molecular weight excluding hydrogens is 342 g/mol. The quantitative estimate of drug-likeness (QED) is 0.300. The highest BCUT2D eigenvalue weighted by Crippen LogP contribution is 2.27. The average molecular weight is 376 g/mol. The van der Waals surface area contributed by atoms with E-state index in [9.17, 15) is 4.79 Å². The van der Waals surface area contributed by atoms with E-state index >= 15 is 0 Å². The van der Waals surface area contributed by atoms with Crippen molar-refractivity contribution in [2.24, 2.45) is 4.99 Å². The molecule has 0 amide bonds. The lowest BCUT2D eigenvalue weighted by atomic mass is 10.1. The molecule has 1 aromatic rings. The molecule has 0 aliphatic heterocycles. The number of rotatable bonds is 9. The SMILES string of the molecule is CN=C(NCCCCC(=O)OC)NCc1ccc(C)cc1OC1CCCC1. The second kappa shape index (κ2) is 11.5. The van der Waals surface area contributed by atoms with Crippen LogP contribution in [-0.4, -0.2) is 38.7 Å². The Bertz CT molecular complexity index is 625. The van der Waals surface area contributed by atoms with Gasteiger partial charge in [0.15, 0.2) is 5.96 Å². The highest BCUT2D eigenvalue weighted by atomic mass is 16.5. The summed E-state index contributed by atoms with van der Waals surface area (Å²) in [4.78, 5) is 15.4. The van der Waals surface area contributed by atoms with Crippen LogP contribution >= 0.6 is 0 Å². The summed E-state index contributed by atoms with van der Waals surface area (Å²) in [6.45, 7) is 3.51. The van der Waals surface area contributed by atoms with Crippen molar-refractivity contribution in [3.8, 4) is 5.75 Å². The molecule has 0 saturated heterocycles. The van der Waals surface area contributed by atoms with Crippen LogP contribution in [0.1, 0.15) is 56.1 Å². The molecule has 1 fully saturated rings. The first-order valence-corrected chi connectivity index (χ1v) is 9.90. The number of hydrogen-bond donors (Lipinski definition) is 2. The molecule has 6 heteroatoms. The second-order valence-electron chi connectivity index (χ2n) is 7.02. The van der Waals surface area contributed by atoms with Crippen LogP contribution in [0.5, 0.6) is 5.75 Å². The van der Waals surface area contributed by atoms with Crippen LogP contribution in [0.25, 0.3) is 0 Å². The number of aryl methyl sites for hydroxylation is 1. The Labute approximate surface area is 162 Å². The van der Waals surface area contributed by atoms with E-state index in [1.165, 1.54) is 25.5 Å². The molecule has 1 aromatic carbocycles. The molecule has 0 aromatic heterocycles. The Morgan fingerprint density at radius 2 is 2.00 bits per heavy atom. The first-order chi connectivity index (χ1) is 13.1. The minimum absolute atomic E-state index is 0.160. The van der Waals surface area contributed by atoms with E-state index in [2.05, 4.69) is 45.5 Å². The van der Waals surface area contributed by atoms with Gasteiger partial charge in [0.25, 0.3) is 0 Å². The Morgan fingerprint density at radius 1 is 1.22 bits per heavy atom. The van der Waals surface area contributed by atoms with Crippen molar-refractivity contribution < 1.29 is 14.3 Å². The third-order valence-corrected chi connectivity index (χ3v) is 4.82. The van der Waals surface area contributed by atoms with Crippen molar-refractivity contribution in [2.45, 2.75) is 64.5 Å². The maximum absolute atomic E-state index is 11.1. The van der Waals surface area contributed by atoms with Crippen LogP contribution < -0.4 is 15.4 Å². The van der Waals surface area contributed by atoms with E-state index in [4.69, 9.17) is 4.74 Å². The van der Waals surface area contributed by atoms with Gasteiger partial charge in [0.05, 0.1) is 13.2 Å². The van der Waals surface area contributed by atoms with Gasteiger partial charge in [0.2, 0.25) is 0 Å². The number of unbranched alkanes of at least 4 members (excludes halogenated alkanes) is 1. The van der Waals surface area contributed by atoms with Crippen LogP contribution in [0.2, 0.25) is 0 Å². The summed E-state index contributed by atoms with van der Waals surface area (Å²) in [5.41, 5.74) is 2.35. The summed E-state index contributed by atoms with van der Waals surface area (Å²) in [6, 6.07) is 6.36. The lowest BCUT2D eigenvalue weighted by molar-refractivity contribution is -0.140. The van der Waals surface area contributed by atoms with Crippen molar-refractivity contribution in [1.29, 1.82) is 0 Å². The summed E-state index contributed by atoms with van der Waals surface area (Å²) in [5.74, 6) is 1.56. The summed E-state index contributed by atoms with van der Waals surface area (Å²) in [7, 11) is 3.18. The van der Waals surface area contributed by atoms with Gasteiger partial charge in [-0.05, 0) is 57.1 Å². The van der Waals surface area contributed by atoms with Gasteiger partial charge in [-0.15, -0.1) is 0 Å². The topological polar surface area (TPSA) is 72.0 Å². The van der Waals surface area contributed by atoms with Gasteiger partial charge in [-0.25, -0.2) is 0 Å². The minimum Gasteiger partial charge on any atom is -0.490 e. The first kappa shape index (κ1) is 21.1. The fraction of sp³-hybridized carbons (Fsp3) is 0.619. The number of nitrogens with one attached hydrogen (secondary N) is 2. The lowest BCUT2D eigenvalue weighted by Crippen LogP contribution is -2.37. The van der Waals surface area contributed by atoms with Crippen molar-refractivity contribution in [2.75, 3.05) is 20.7 Å². The highest BCUT2D eigenvalue weighted by Gasteiger charge is 2.18. The van der Waals surface area contributed by atoms with Crippen molar-refractivity contribution in [1.82, 2.24) is 10.6 Å². The van der Waals surface area contributed by atoms with Gasteiger partial charge in [-0.1, -0.05) is 12.1 Å². The molecule has 1 aliphatic carbocycles. The van der Waals surface area contributed by atoms with E-state index in [1.54, 1.807) is 7.05 Å². The van der Waals surface area contributed by atoms with Gasteiger partial charge in [0.1, 0.15) is 5.75 Å². The molecule has 150 valence electrons. The largest absolute Gasteiger partial charge is 0.490 e. The number of hydrogen-bond acceptors (Lipinski definition) is 4. The first-order valence-electron chi connectivity index (χ1n) is 9.90. The van der Waals surface area contributed by atoms with Crippen molar-refractivity contribution >= 4 is 11.9 Å². The molecule has 2 N–H and O–H groups in total. The monoisotopic (exact) mass is 375 g/mol. The predicted molar refractivity (Wildman–Crippen MR) is 108 cm³/mol. The van der Waals surface area contributed by atoms with Crippen molar-refractivity contribution in [3.05, 3.63) is 29.3 Å². The molecule has 0 bridgehead atoms. The summed E-state index contributed by atoms with van der Waals surface area (Å²) in [6.07, 6.45) is 7.30. The van der Waals surface area contributed by atoms with Gasteiger partial charge in [-0.2, -0.15) is 0 Å². The minimum atomic E-state index is -0.160. The number of benzene rings is 1. The van der Waals surface area contributed by atoms with E-state index in [0.29, 0.717) is 19.1 Å². The molecule has 2 rings (SSSR count). The molecule has 0 radical (unpaired) electrons. The zero-order valence-electron chi connectivity index (χ0n) is 16.8. The maximum Gasteiger partial charge on any atom is 0.305 e. The third-order valence-electron chi connectivity index (χ3n) is 4.82. The van der Waals surface area contributed by atoms with E-state index in [0.717, 1.165) is 49.5 Å². The van der Waals surface area contributed by atoms with Crippen molar-refractivity contribution in [3.63, 3.8) is 0 Å². The molecule has 27 heavy (non-hydrogen) atoms. The Hall–Kier alpha value is -2.24. The molecule has 1 saturated carbocycles.